The zero-order valence-electron chi connectivity index (χ0n) is 10.0. The maximum Gasteiger partial charge on any atom is 0.273 e. The highest BCUT2D eigenvalue weighted by atomic mass is 35.5. The molecule has 1 fully saturated rings. The molecule has 0 aromatic carbocycles. The second-order valence-electron chi connectivity index (χ2n) is 4.22. The van der Waals surface area contributed by atoms with Crippen LogP contribution in [0.5, 0.6) is 0 Å². The van der Waals surface area contributed by atoms with E-state index in [0.717, 1.165) is 19.4 Å². The fourth-order valence-corrected chi connectivity index (χ4v) is 2.00. The zero-order chi connectivity index (χ0) is 11.5. The van der Waals surface area contributed by atoms with Crippen molar-refractivity contribution in [2.45, 2.75) is 38.8 Å². The van der Waals surface area contributed by atoms with Gasteiger partial charge in [0.25, 0.3) is 5.91 Å². The van der Waals surface area contributed by atoms with Gasteiger partial charge in [-0.3, -0.25) is 4.79 Å². The van der Waals surface area contributed by atoms with E-state index in [4.69, 9.17) is 4.42 Å². The summed E-state index contributed by atoms with van der Waals surface area (Å²) in [6.45, 7) is 4.85. The Morgan fingerprint density at radius 2 is 2.41 bits per heavy atom. The van der Waals surface area contributed by atoms with Gasteiger partial charge in [-0.05, 0) is 33.2 Å². The lowest BCUT2D eigenvalue weighted by atomic mass is 10.00. The van der Waals surface area contributed by atoms with Crippen LogP contribution in [0.3, 0.4) is 0 Å². The Labute approximate surface area is 107 Å². The van der Waals surface area contributed by atoms with Crippen LogP contribution < -0.4 is 10.6 Å². The standard InChI is InChI=1S/C11H17N3O2.ClH/c1-7-9(4-3-5-12-7)14-11(15)10-8(2)16-6-13-10;/h6-7,9,12H,3-5H2,1-2H3,(H,14,15);1H. The van der Waals surface area contributed by atoms with E-state index in [2.05, 4.69) is 22.5 Å². The molecule has 2 atom stereocenters. The summed E-state index contributed by atoms with van der Waals surface area (Å²) < 4.78 is 5.01. The Bertz CT molecular complexity index is 381. The maximum atomic E-state index is 11.9. The average Bonchev–Trinajstić information content (AvgIpc) is 2.68. The second kappa shape index (κ2) is 6.02. The van der Waals surface area contributed by atoms with Crippen LogP contribution in [0.25, 0.3) is 0 Å². The van der Waals surface area contributed by atoms with Gasteiger partial charge >= 0.3 is 0 Å². The largest absolute Gasteiger partial charge is 0.448 e. The van der Waals surface area contributed by atoms with Crippen molar-refractivity contribution in [3.05, 3.63) is 17.8 Å². The highest BCUT2D eigenvalue weighted by Crippen LogP contribution is 2.10. The van der Waals surface area contributed by atoms with E-state index in [1.54, 1.807) is 6.92 Å². The first kappa shape index (κ1) is 14.0. The van der Waals surface area contributed by atoms with Crippen molar-refractivity contribution in [2.24, 2.45) is 0 Å². The number of oxazole rings is 1. The highest BCUT2D eigenvalue weighted by Gasteiger charge is 2.24. The summed E-state index contributed by atoms with van der Waals surface area (Å²) in [5.41, 5.74) is 0.387. The smallest absolute Gasteiger partial charge is 0.273 e. The fraction of sp³-hybridized carbons (Fsp3) is 0.636. The van der Waals surface area contributed by atoms with Crippen molar-refractivity contribution in [1.82, 2.24) is 15.6 Å². The molecular weight excluding hydrogens is 242 g/mol. The molecule has 2 N–H and O–H groups in total. The summed E-state index contributed by atoms with van der Waals surface area (Å²) in [6.07, 6.45) is 3.40. The summed E-state index contributed by atoms with van der Waals surface area (Å²) in [5.74, 6) is 0.417. The van der Waals surface area contributed by atoms with E-state index in [1.807, 2.05) is 0 Å². The molecular formula is C11H18ClN3O2. The van der Waals surface area contributed by atoms with Crippen LogP contribution in [0.2, 0.25) is 0 Å². The molecule has 17 heavy (non-hydrogen) atoms. The molecule has 96 valence electrons. The predicted molar refractivity (Wildman–Crippen MR) is 66.4 cm³/mol. The fourth-order valence-electron chi connectivity index (χ4n) is 2.00. The van der Waals surface area contributed by atoms with Gasteiger partial charge < -0.3 is 15.1 Å². The number of amides is 1. The number of piperidine rings is 1. The van der Waals surface area contributed by atoms with Crippen LogP contribution in [0, 0.1) is 6.92 Å². The molecule has 6 heteroatoms. The Morgan fingerprint density at radius 1 is 1.65 bits per heavy atom. The Kier molecular flexibility index (Phi) is 4.96. The molecule has 0 saturated carbocycles. The van der Waals surface area contributed by atoms with Crippen molar-refractivity contribution in [2.75, 3.05) is 6.54 Å². The van der Waals surface area contributed by atoms with E-state index in [-0.39, 0.29) is 24.4 Å². The molecule has 0 spiro atoms. The van der Waals surface area contributed by atoms with Crippen molar-refractivity contribution >= 4 is 18.3 Å². The number of carbonyl (C=O) groups is 1. The summed E-state index contributed by atoms with van der Waals surface area (Å²) in [4.78, 5) is 15.8. The van der Waals surface area contributed by atoms with E-state index in [0.29, 0.717) is 17.5 Å². The molecule has 2 heterocycles. The second-order valence-corrected chi connectivity index (χ2v) is 4.22. The van der Waals surface area contributed by atoms with Crippen LogP contribution in [0.15, 0.2) is 10.8 Å². The lowest BCUT2D eigenvalue weighted by Crippen LogP contribution is -2.52. The number of rotatable bonds is 2. The third-order valence-electron chi connectivity index (χ3n) is 3.04. The third kappa shape index (κ3) is 3.20. The van der Waals surface area contributed by atoms with Crippen molar-refractivity contribution < 1.29 is 9.21 Å². The van der Waals surface area contributed by atoms with Gasteiger partial charge in [0.05, 0.1) is 0 Å². The highest BCUT2D eigenvalue weighted by molar-refractivity contribution is 5.93. The summed E-state index contributed by atoms with van der Waals surface area (Å²) >= 11 is 0. The SMILES string of the molecule is Cc1ocnc1C(=O)NC1CCCNC1C.Cl. The monoisotopic (exact) mass is 259 g/mol. The molecule has 1 aromatic rings. The number of halogens is 1. The number of aromatic nitrogens is 1. The predicted octanol–water partition coefficient (Wildman–Crippen LogP) is 1.28. The van der Waals surface area contributed by atoms with E-state index < -0.39 is 0 Å². The Balaban J connectivity index is 0.00000144. The first-order valence-corrected chi connectivity index (χ1v) is 5.63. The zero-order valence-corrected chi connectivity index (χ0v) is 10.8. The Morgan fingerprint density at radius 3 is 3.00 bits per heavy atom. The lowest BCUT2D eigenvalue weighted by molar-refractivity contribution is 0.0914. The van der Waals surface area contributed by atoms with Gasteiger partial charge in [0.1, 0.15) is 5.76 Å². The molecule has 5 nitrogen and oxygen atoms in total. The van der Waals surface area contributed by atoms with E-state index in [9.17, 15) is 4.79 Å². The molecule has 0 bridgehead atoms. The first-order chi connectivity index (χ1) is 7.68. The average molecular weight is 260 g/mol. The maximum absolute atomic E-state index is 11.9. The first-order valence-electron chi connectivity index (χ1n) is 5.63. The topological polar surface area (TPSA) is 67.2 Å². The molecule has 1 aromatic heterocycles. The molecule has 1 amide bonds. The molecule has 1 aliphatic rings. The number of hydrogen-bond acceptors (Lipinski definition) is 4. The lowest BCUT2D eigenvalue weighted by Gasteiger charge is -2.30. The molecule has 1 saturated heterocycles. The van der Waals surface area contributed by atoms with Crippen LogP contribution in [0.1, 0.15) is 36.0 Å². The number of hydrogen-bond donors (Lipinski definition) is 2. The van der Waals surface area contributed by atoms with Crippen LogP contribution in [-0.4, -0.2) is 29.5 Å². The van der Waals surface area contributed by atoms with Gasteiger partial charge in [-0.2, -0.15) is 0 Å². The normalized spacial score (nSPS) is 23.9. The molecule has 1 aliphatic heterocycles. The molecule has 2 unspecified atom stereocenters. The van der Waals surface area contributed by atoms with Gasteiger partial charge in [-0.1, -0.05) is 0 Å². The Hall–Kier alpha value is -1.07. The summed E-state index contributed by atoms with van der Waals surface area (Å²) in [5, 5.41) is 6.33. The number of nitrogens with one attached hydrogen (secondary N) is 2. The van der Waals surface area contributed by atoms with Crippen LogP contribution in [0.4, 0.5) is 0 Å². The van der Waals surface area contributed by atoms with Crippen molar-refractivity contribution in [1.29, 1.82) is 0 Å². The van der Waals surface area contributed by atoms with E-state index >= 15 is 0 Å². The minimum atomic E-state index is -0.146. The van der Waals surface area contributed by atoms with Crippen LogP contribution >= 0.6 is 12.4 Å². The van der Waals surface area contributed by atoms with Gasteiger partial charge in [0, 0.05) is 12.1 Å². The third-order valence-corrected chi connectivity index (χ3v) is 3.04. The number of carbonyl (C=O) groups excluding carboxylic acids is 1. The van der Waals surface area contributed by atoms with Crippen LogP contribution in [-0.2, 0) is 0 Å². The minimum Gasteiger partial charge on any atom is -0.448 e. The summed E-state index contributed by atoms with van der Waals surface area (Å²) in [6, 6.07) is 0.488. The quantitative estimate of drug-likeness (QED) is 0.840. The van der Waals surface area contributed by atoms with Gasteiger partial charge in [0.15, 0.2) is 12.1 Å². The van der Waals surface area contributed by atoms with E-state index in [1.165, 1.54) is 6.39 Å². The number of nitrogens with zero attached hydrogens (tertiary/aromatic N) is 1. The summed E-state index contributed by atoms with van der Waals surface area (Å²) in [7, 11) is 0. The van der Waals surface area contributed by atoms with Gasteiger partial charge in [-0.15, -0.1) is 12.4 Å². The van der Waals surface area contributed by atoms with Crippen molar-refractivity contribution in [3.63, 3.8) is 0 Å². The number of aryl methyl sites for hydroxylation is 1. The molecule has 0 aliphatic carbocycles. The van der Waals surface area contributed by atoms with Gasteiger partial charge in [0.2, 0.25) is 0 Å². The molecule has 0 radical (unpaired) electrons. The minimum absolute atomic E-state index is 0. The van der Waals surface area contributed by atoms with Crippen molar-refractivity contribution in [3.8, 4) is 0 Å². The van der Waals surface area contributed by atoms with Gasteiger partial charge in [-0.25, -0.2) is 4.98 Å². The molecule has 2 rings (SSSR count).